The predicted molar refractivity (Wildman–Crippen MR) is 72.7 cm³/mol. The maximum absolute atomic E-state index is 12.4. The molecule has 0 spiro atoms. The average molecular weight is 280 g/mol. The first-order valence-electron chi connectivity index (χ1n) is 5.97. The molecule has 0 bridgehead atoms. The Balaban J connectivity index is 2.29. The highest BCUT2D eigenvalue weighted by Crippen LogP contribution is 2.21. The third-order valence-electron chi connectivity index (χ3n) is 3.18. The second-order valence-electron chi connectivity index (χ2n) is 4.64. The van der Waals surface area contributed by atoms with Crippen molar-refractivity contribution in [3.05, 3.63) is 29.8 Å². The summed E-state index contributed by atoms with van der Waals surface area (Å²) in [4.78, 5) is 0. The molecule has 0 saturated carbocycles. The molecule has 2 atom stereocenters. The first kappa shape index (κ1) is 13.8. The van der Waals surface area contributed by atoms with Gasteiger partial charge in [-0.1, -0.05) is 12.1 Å². The van der Waals surface area contributed by atoms with Crippen molar-refractivity contribution in [1.82, 2.24) is 10.9 Å². The van der Waals surface area contributed by atoms with E-state index < -0.39 is 15.3 Å². The minimum atomic E-state index is -3.57. The first-order valence-corrected chi connectivity index (χ1v) is 7.52. The van der Waals surface area contributed by atoms with E-state index in [1.54, 1.807) is 38.1 Å². The highest BCUT2D eigenvalue weighted by atomic mass is 32.2. The Hall–Kier alpha value is -1.62. The molecule has 1 aromatic rings. The van der Waals surface area contributed by atoms with Gasteiger partial charge in [0.25, 0.3) is 0 Å². The van der Waals surface area contributed by atoms with E-state index in [1.807, 2.05) is 6.07 Å². The van der Waals surface area contributed by atoms with Gasteiger partial charge in [-0.2, -0.15) is 5.26 Å². The summed E-state index contributed by atoms with van der Waals surface area (Å²) < 4.78 is 27.3. The van der Waals surface area contributed by atoms with Gasteiger partial charge in [-0.25, -0.2) is 8.42 Å². The Morgan fingerprint density at radius 3 is 2.37 bits per heavy atom. The smallest absolute Gasteiger partial charge is 0.238 e. The summed E-state index contributed by atoms with van der Waals surface area (Å²) in [6, 6.07) is 8.11. The normalized spacial score (nSPS) is 26.9. The molecule has 1 saturated heterocycles. The van der Waals surface area contributed by atoms with Crippen molar-refractivity contribution in [2.24, 2.45) is 0 Å². The number of benzene rings is 1. The van der Waals surface area contributed by atoms with E-state index in [9.17, 15) is 8.42 Å². The van der Waals surface area contributed by atoms with Crippen LogP contribution in [-0.2, 0) is 10.0 Å². The number of hydrogen-bond donors (Lipinski definition) is 3. The van der Waals surface area contributed by atoms with E-state index in [0.717, 1.165) is 0 Å². The largest absolute Gasteiger partial charge is 0.282 e. The minimum absolute atomic E-state index is 0.207. The zero-order valence-electron chi connectivity index (χ0n) is 10.7. The Morgan fingerprint density at radius 1 is 1.21 bits per heavy atom. The molecule has 3 N–H and O–H groups in total. The highest BCUT2D eigenvalue weighted by Gasteiger charge is 2.40. The fourth-order valence-corrected chi connectivity index (χ4v) is 4.12. The maximum atomic E-state index is 12.4. The van der Waals surface area contributed by atoms with Crippen LogP contribution in [0.4, 0.5) is 5.69 Å². The van der Waals surface area contributed by atoms with Crippen molar-refractivity contribution < 1.29 is 8.42 Å². The standard InChI is InChI=1S/C12H16N4O2S/c1-8-12(9(2)15-14-8)19(17,18)16-11-6-4-3-5-10(11)7-13/h3-6,8-9,12,14-16H,1-2H3. The highest BCUT2D eigenvalue weighted by molar-refractivity contribution is 7.93. The van der Waals surface area contributed by atoms with E-state index >= 15 is 0 Å². The van der Waals surface area contributed by atoms with Gasteiger partial charge in [-0.05, 0) is 26.0 Å². The lowest BCUT2D eigenvalue weighted by Gasteiger charge is -2.20. The molecule has 1 aromatic carbocycles. The monoisotopic (exact) mass is 280 g/mol. The zero-order chi connectivity index (χ0) is 14.0. The van der Waals surface area contributed by atoms with Crippen LogP contribution in [0, 0.1) is 11.3 Å². The van der Waals surface area contributed by atoms with Crippen molar-refractivity contribution in [3.8, 4) is 6.07 Å². The number of anilines is 1. The fourth-order valence-electron chi connectivity index (χ4n) is 2.29. The molecule has 0 amide bonds. The van der Waals surface area contributed by atoms with Gasteiger partial charge in [0.2, 0.25) is 10.0 Å². The molecule has 7 heteroatoms. The molecule has 0 aromatic heterocycles. The van der Waals surface area contributed by atoms with Crippen LogP contribution in [0.5, 0.6) is 0 Å². The quantitative estimate of drug-likeness (QED) is 0.752. The van der Waals surface area contributed by atoms with Crippen LogP contribution < -0.4 is 15.6 Å². The molecule has 1 aliphatic rings. The molecule has 1 fully saturated rings. The van der Waals surface area contributed by atoms with Crippen molar-refractivity contribution >= 4 is 15.7 Å². The van der Waals surface area contributed by atoms with Gasteiger partial charge in [-0.3, -0.25) is 15.6 Å². The van der Waals surface area contributed by atoms with Crippen LogP contribution >= 0.6 is 0 Å². The number of para-hydroxylation sites is 1. The summed E-state index contributed by atoms with van der Waals surface area (Å²) in [6.45, 7) is 3.60. The van der Waals surface area contributed by atoms with Gasteiger partial charge in [0.1, 0.15) is 11.3 Å². The molecule has 102 valence electrons. The number of nitrogens with zero attached hydrogens (tertiary/aromatic N) is 1. The van der Waals surface area contributed by atoms with E-state index in [-0.39, 0.29) is 12.1 Å². The lowest BCUT2D eigenvalue weighted by molar-refractivity contribution is 0.564. The van der Waals surface area contributed by atoms with E-state index in [1.165, 1.54) is 0 Å². The topological polar surface area (TPSA) is 94.0 Å². The van der Waals surface area contributed by atoms with Crippen LogP contribution in [0.2, 0.25) is 0 Å². The van der Waals surface area contributed by atoms with Gasteiger partial charge >= 0.3 is 0 Å². The molecular weight excluding hydrogens is 264 g/mol. The summed E-state index contributed by atoms with van der Waals surface area (Å²) in [5.41, 5.74) is 6.44. The first-order chi connectivity index (χ1) is 8.95. The second-order valence-corrected chi connectivity index (χ2v) is 6.47. The number of nitriles is 1. The third-order valence-corrected chi connectivity index (χ3v) is 5.22. The second kappa shape index (κ2) is 5.17. The van der Waals surface area contributed by atoms with Crippen LogP contribution in [-0.4, -0.2) is 25.8 Å². The Bertz CT molecular complexity index is 598. The molecule has 1 aliphatic heterocycles. The van der Waals surface area contributed by atoms with Crippen molar-refractivity contribution in [2.75, 3.05) is 4.72 Å². The van der Waals surface area contributed by atoms with E-state index in [4.69, 9.17) is 5.26 Å². The van der Waals surface area contributed by atoms with Gasteiger partial charge in [0.15, 0.2) is 0 Å². The lowest BCUT2D eigenvalue weighted by atomic mass is 10.2. The maximum Gasteiger partial charge on any atom is 0.238 e. The summed E-state index contributed by atoms with van der Waals surface area (Å²) in [5, 5.41) is 8.38. The Labute approximate surface area is 112 Å². The Kier molecular flexibility index (Phi) is 3.75. The van der Waals surface area contributed by atoms with Crippen LogP contribution in [0.3, 0.4) is 0 Å². The number of rotatable bonds is 3. The number of nitrogens with one attached hydrogen (secondary N) is 3. The van der Waals surface area contributed by atoms with E-state index in [2.05, 4.69) is 15.6 Å². The lowest BCUT2D eigenvalue weighted by Crippen LogP contribution is -2.41. The van der Waals surface area contributed by atoms with Crippen molar-refractivity contribution in [1.29, 1.82) is 5.26 Å². The Morgan fingerprint density at radius 2 is 1.79 bits per heavy atom. The third kappa shape index (κ3) is 2.71. The molecule has 0 aliphatic carbocycles. The van der Waals surface area contributed by atoms with Gasteiger partial charge in [-0.15, -0.1) is 0 Å². The van der Waals surface area contributed by atoms with Crippen molar-refractivity contribution in [2.45, 2.75) is 31.2 Å². The molecular formula is C12H16N4O2S. The summed E-state index contributed by atoms with van der Waals surface area (Å²) in [6.07, 6.45) is 0. The molecule has 19 heavy (non-hydrogen) atoms. The van der Waals surface area contributed by atoms with Crippen LogP contribution in [0.25, 0.3) is 0 Å². The molecule has 2 rings (SSSR count). The zero-order valence-corrected chi connectivity index (χ0v) is 11.5. The minimum Gasteiger partial charge on any atom is -0.282 e. The number of hydrogen-bond acceptors (Lipinski definition) is 5. The van der Waals surface area contributed by atoms with Crippen LogP contribution in [0.1, 0.15) is 19.4 Å². The number of hydrazine groups is 1. The summed E-state index contributed by atoms with van der Waals surface area (Å²) in [7, 11) is -3.57. The van der Waals surface area contributed by atoms with E-state index in [0.29, 0.717) is 11.3 Å². The summed E-state index contributed by atoms with van der Waals surface area (Å²) in [5.74, 6) is 0. The number of sulfonamides is 1. The van der Waals surface area contributed by atoms with Crippen molar-refractivity contribution in [3.63, 3.8) is 0 Å². The fraction of sp³-hybridized carbons (Fsp3) is 0.417. The van der Waals surface area contributed by atoms with Gasteiger partial charge in [0.05, 0.1) is 11.3 Å². The molecule has 1 heterocycles. The molecule has 0 radical (unpaired) electrons. The van der Waals surface area contributed by atoms with Gasteiger partial charge in [0, 0.05) is 12.1 Å². The average Bonchev–Trinajstić information content (AvgIpc) is 2.70. The SMILES string of the molecule is CC1NNC(C)C1S(=O)(=O)Nc1ccccc1C#N. The molecule has 2 unspecified atom stereocenters. The molecule has 6 nitrogen and oxygen atoms in total. The van der Waals surface area contributed by atoms with Crippen LogP contribution in [0.15, 0.2) is 24.3 Å². The predicted octanol–water partition coefficient (Wildman–Crippen LogP) is 0.553. The summed E-state index contributed by atoms with van der Waals surface area (Å²) >= 11 is 0. The van der Waals surface area contributed by atoms with Gasteiger partial charge < -0.3 is 0 Å².